The fraction of sp³-hybridized carbons (Fsp3) is 0.500. The van der Waals surface area contributed by atoms with E-state index in [2.05, 4.69) is 17.6 Å². The van der Waals surface area contributed by atoms with Crippen LogP contribution in [0.4, 0.5) is 5.69 Å². The van der Waals surface area contributed by atoms with Crippen molar-refractivity contribution in [3.8, 4) is 0 Å². The predicted octanol–water partition coefficient (Wildman–Crippen LogP) is 1.86. The summed E-state index contributed by atoms with van der Waals surface area (Å²) in [7, 11) is 3.08. The van der Waals surface area contributed by atoms with Crippen LogP contribution in [0.15, 0.2) is 24.3 Å². The summed E-state index contributed by atoms with van der Waals surface area (Å²) in [6.07, 6.45) is 0.575. The first-order valence-electron chi connectivity index (χ1n) is 6.39. The minimum atomic E-state index is -0.431. The van der Waals surface area contributed by atoms with Crippen LogP contribution in [-0.2, 0) is 9.47 Å². The Morgan fingerprint density at radius 1 is 1.26 bits per heavy atom. The summed E-state index contributed by atoms with van der Waals surface area (Å²) in [4.78, 5) is 12.1. The van der Waals surface area contributed by atoms with Gasteiger partial charge < -0.3 is 20.1 Å². The molecule has 0 spiro atoms. The zero-order valence-corrected chi connectivity index (χ0v) is 11.7. The second-order valence-corrected chi connectivity index (χ2v) is 4.08. The third-order valence-corrected chi connectivity index (χ3v) is 2.69. The van der Waals surface area contributed by atoms with Crippen LogP contribution in [-0.4, -0.2) is 39.5 Å². The number of amides is 1. The summed E-state index contributed by atoms with van der Waals surface area (Å²) in [6, 6.07) is 7.44. The quantitative estimate of drug-likeness (QED) is 0.705. The maximum Gasteiger partial charge on any atom is 0.253 e. The first-order chi connectivity index (χ1) is 9.22. The third kappa shape index (κ3) is 4.89. The molecule has 19 heavy (non-hydrogen) atoms. The van der Waals surface area contributed by atoms with Crippen LogP contribution in [0.5, 0.6) is 0 Å². The number of methoxy groups -OCH3 is 2. The van der Waals surface area contributed by atoms with E-state index < -0.39 is 6.29 Å². The lowest BCUT2D eigenvalue weighted by Crippen LogP contribution is -2.34. The zero-order valence-electron chi connectivity index (χ0n) is 11.7. The molecule has 0 radical (unpaired) electrons. The molecule has 0 saturated heterocycles. The summed E-state index contributed by atoms with van der Waals surface area (Å²) in [5, 5.41) is 6.02. The minimum absolute atomic E-state index is 0.140. The van der Waals surface area contributed by atoms with E-state index in [1.165, 1.54) is 14.2 Å². The largest absolute Gasteiger partial charge is 0.384 e. The normalized spacial score (nSPS) is 10.5. The summed E-state index contributed by atoms with van der Waals surface area (Å²) in [6.45, 7) is 3.23. The molecule has 106 valence electrons. The van der Waals surface area contributed by atoms with Crippen molar-refractivity contribution in [2.75, 3.05) is 32.6 Å². The average Bonchev–Trinajstić information content (AvgIpc) is 2.46. The molecule has 0 fully saturated rings. The number of ether oxygens (including phenoxy) is 2. The Kier molecular flexibility index (Phi) is 6.92. The van der Waals surface area contributed by atoms with Crippen molar-refractivity contribution in [1.82, 2.24) is 5.32 Å². The van der Waals surface area contributed by atoms with Gasteiger partial charge in [-0.05, 0) is 18.6 Å². The van der Waals surface area contributed by atoms with Gasteiger partial charge >= 0.3 is 0 Å². The van der Waals surface area contributed by atoms with Crippen LogP contribution in [0, 0.1) is 0 Å². The van der Waals surface area contributed by atoms with E-state index in [0.717, 1.165) is 18.7 Å². The highest BCUT2D eigenvalue weighted by Gasteiger charge is 2.12. The molecule has 1 aromatic carbocycles. The number of carbonyl (C=O) groups is 1. The van der Waals surface area contributed by atoms with Gasteiger partial charge in [0.05, 0.1) is 12.1 Å². The molecular formula is C14H22N2O3. The Morgan fingerprint density at radius 2 is 1.95 bits per heavy atom. The van der Waals surface area contributed by atoms with Crippen molar-refractivity contribution in [1.29, 1.82) is 0 Å². The molecule has 1 rings (SSSR count). The molecule has 5 nitrogen and oxygen atoms in total. The van der Waals surface area contributed by atoms with Gasteiger partial charge in [0.15, 0.2) is 6.29 Å². The monoisotopic (exact) mass is 266 g/mol. The number of carbonyl (C=O) groups excluding carboxylic acids is 1. The van der Waals surface area contributed by atoms with E-state index in [4.69, 9.17) is 9.47 Å². The molecular weight excluding hydrogens is 244 g/mol. The van der Waals surface area contributed by atoms with Crippen molar-refractivity contribution in [3.05, 3.63) is 29.8 Å². The van der Waals surface area contributed by atoms with Crippen molar-refractivity contribution in [2.24, 2.45) is 0 Å². The number of para-hydroxylation sites is 1. The lowest BCUT2D eigenvalue weighted by Gasteiger charge is -2.15. The van der Waals surface area contributed by atoms with Crippen molar-refractivity contribution in [3.63, 3.8) is 0 Å². The van der Waals surface area contributed by atoms with Gasteiger partial charge in [-0.15, -0.1) is 0 Å². The highest BCUT2D eigenvalue weighted by molar-refractivity contribution is 5.99. The number of rotatable bonds is 8. The number of nitrogens with one attached hydrogen (secondary N) is 2. The average molecular weight is 266 g/mol. The molecule has 0 aliphatic carbocycles. The molecule has 0 aromatic heterocycles. The molecule has 1 aromatic rings. The van der Waals surface area contributed by atoms with Crippen LogP contribution in [0.1, 0.15) is 23.7 Å². The molecule has 0 aliphatic heterocycles. The minimum Gasteiger partial charge on any atom is -0.384 e. The van der Waals surface area contributed by atoms with Gasteiger partial charge in [-0.25, -0.2) is 0 Å². The number of hydrogen-bond acceptors (Lipinski definition) is 4. The van der Waals surface area contributed by atoms with E-state index in [1.807, 2.05) is 18.2 Å². The molecule has 1 amide bonds. The van der Waals surface area contributed by atoms with Gasteiger partial charge in [0, 0.05) is 26.5 Å². The van der Waals surface area contributed by atoms with Gasteiger partial charge in [-0.3, -0.25) is 4.79 Å². The Balaban J connectivity index is 2.65. The Bertz CT molecular complexity index is 392. The Hall–Kier alpha value is -1.59. The highest BCUT2D eigenvalue weighted by atomic mass is 16.7. The first kappa shape index (κ1) is 15.5. The maximum absolute atomic E-state index is 12.1. The van der Waals surface area contributed by atoms with E-state index in [9.17, 15) is 4.79 Å². The van der Waals surface area contributed by atoms with Gasteiger partial charge in [-0.1, -0.05) is 19.1 Å². The van der Waals surface area contributed by atoms with E-state index >= 15 is 0 Å². The van der Waals surface area contributed by atoms with E-state index in [0.29, 0.717) is 12.1 Å². The molecule has 5 heteroatoms. The lowest BCUT2D eigenvalue weighted by atomic mass is 10.1. The van der Waals surface area contributed by atoms with Gasteiger partial charge in [-0.2, -0.15) is 0 Å². The number of anilines is 1. The van der Waals surface area contributed by atoms with Gasteiger partial charge in [0.25, 0.3) is 5.91 Å². The molecule has 0 aliphatic rings. The highest BCUT2D eigenvalue weighted by Crippen LogP contribution is 2.14. The van der Waals surface area contributed by atoms with Crippen LogP contribution in [0.2, 0.25) is 0 Å². The van der Waals surface area contributed by atoms with Crippen LogP contribution < -0.4 is 10.6 Å². The van der Waals surface area contributed by atoms with Crippen LogP contribution in [0.3, 0.4) is 0 Å². The summed E-state index contributed by atoms with van der Waals surface area (Å²) >= 11 is 0. The fourth-order valence-corrected chi connectivity index (χ4v) is 1.63. The van der Waals surface area contributed by atoms with Gasteiger partial charge in [0.1, 0.15) is 0 Å². The molecule has 0 saturated carbocycles. The Labute approximate surface area is 114 Å². The Morgan fingerprint density at radius 3 is 2.58 bits per heavy atom. The molecule has 0 unspecified atom stereocenters. The molecule has 0 atom stereocenters. The number of benzene rings is 1. The topological polar surface area (TPSA) is 59.6 Å². The predicted molar refractivity (Wildman–Crippen MR) is 75.4 cm³/mol. The van der Waals surface area contributed by atoms with Gasteiger partial charge in [0.2, 0.25) is 0 Å². The summed E-state index contributed by atoms with van der Waals surface area (Å²) in [5.41, 5.74) is 1.47. The van der Waals surface area contributed by atoms with Crippen LogP contribution in [0.25, 0.3) is 0 Å². The summed E-state index contributed by atoms with van der Waals surface area (Å²) in [5.74, 6) is -0.140. The second-order valence-electron chi connectivity index (χ2n) is 4.08. The molecule has 0 heterocycles. The second kappa shape index (κ2) is 8.50. The smallest absolute Gasteiger partial charge is 0.253 e. The van der Waals surface area contributed by atoms with Crippen molar-refractivity contribution < 1.29 is 14.3 Å². The molecule has 0 bridgehead atoms. The number of hydrogen-bond donors (Lipinski definition) is 2. The zero-order chi connectivity index (χ0) is 14.1. The van der Waals surface area contributed by atoms with Crippen molar-refractivity contribution >= 4 is 11.6 Å². The van der Waals surface area contributed by atoms with Crippen molar-refractivity contribution in [2.45, 2.75) is 19.6 Å². The third-order valence-electron chi connectivity index (χ3n) is 2.69. The van der Waals surface area contributed by atoms with E-state index in [1.54, 1.807) is 6.07 Å². The maximum atomic E-state index is 12.1. The first-order valence-corrected chi connectivity index (χ1v) is 6.39. The fourth-order valence-electron chi connectivity index (χ4n) is 1.63. The van der Waals surface area contributed by atoms with Crippen LogP contribution >= 0.6 is 0 Å². The SMILES string of the molecule is CCCNc1ccccc1C(=O)NCC(OC)OC. The standard InChI is InChI=1S/C14H22N2O3/c1-4-9-15-12-8-6-5-7-11(12)14(17)16-10-13(18-2)19-3/h5-8,13,15H,4,9-10H2,1-3H3,(H,16,17). The molecule has 2 N–H and O–H groups in total. The lowest BCUT2D eigenvalue weighted by molar-refractivity contribution is -0.0974. The van der Waals surface area contributed by atoms with E-state index in [-0.39, 0.29) is 5.91 Å². The summed E-state index contributed by atoms with van der Waals surface area (Å²) < 4.78 is 10.1.